The number of aliphatic hydroxyl groups excluding tert-OH is 1. The molecule has 4 N–H and O–H groups in total. The number of piperidine rings is 1. The number of benzene rings is 3. The van der Waals surface area contributed by atoms with Gasteiger partial charge in [0.15, 0.2) is 13.9 Å². The Morgan fingerprint density at radius 2 is 1.79 bits per heavy atom. The molecule has 3 heterocycles. The third kappa shape index (κ3) is 6.45. The summed E-state index contributed by atoms with van der Waals surface area (Å²) in [5.74, 6) is -1.22. The summed E-state index contributed by atoms with van der Waals surface area (Å²) < 4.78 is 6.93. The largest absolute Gasteiger partial charge is 0.432 e. The number of hydrogen-bond donors (Lipinski definition) is 4. The summed E-state index contributed by atoms with van der Waals surface area (Å²) in [5, 5.41) is 16.2. The van der Waals surface area contributed by atoms with E-state index >= 15 is 0 Å². The number of ether oxygens (including phenoxy) is 1. The van der Waals surface area contributed by atoms with Gasteiger partial charge >= 0.3 is 0 Å². The molecule has 3 aromatic carbocycles. The fourth-order valence-corrected chi connectivity index (χ4v) is 10.5. The lowest BCUT2D eigenvalue weighted by molar-refractivity contribution is -0.149. The van der Waals surface area contributed by atoms with E-state index in [1.165, 1.54) is 0 Å². The van der Waals surface area contributed by atoms with Gasteiger partial charge in [0.1, 0.15) is 0 Å². The molecule has 0 bridgehead atoms. The Morgan fingerprint density at radius 1 is 1.08 bits per heavy atom. The van der Waals surface area contributed by atoms with Crippen molar-refractivity contribution in [1.29, 1.82) is 0 Å². The zero-order chi connectivity index (χ0) is 34.1. The number of hydrogen-bond acceptors (Lipinski definition) is 7. The van der Waals surface area contributed by atoms with E-state index in [0.29, 0.717) is 35.7 Å². The number of fused-ring (bicyclic) bond motifs is 2. The molecule has 48 heavy (non-hydrogen) atoms. The van der Waals surface area contributed by atoms with Crippen molar-refractivity contribution in [2.45, 2.75) is 63.1 Å². The average Bonchev–Trinajstić information content (AvgIpc) is 3.51. The van der Waals surface area contributed by atoms with Gasteiger partial charge in [-0.3, -0.25) is 19.3 Å². The highest BCUT2D eigenvalue weighted by atomic mass is 28.4. The first-order valence-corrected chi connectivity index (χ1v) is 20.0. The van der Waals surface area contributed by atoms with Gasteiger partial charge in [-0.05, 0) is 68.4 Å². The molecule has 2 fully saturated rings. The van der Waals surface area contributed by atoms with Crippen molar-refractivity contribution in [2.24, 2.45) is 11.8 Å². The number of aliphatic hydroxyl groups is 1. The first-order valence-electron chi connectivity index (χ1n) is 16.9. The second-order valence-corrected chi connectivity index (χ2v) is 17.8. The van der Waals surface area contributed by atoms with Crippen LogP contribution in [0.5, 0.6) is 0 Å². The molecule has 3 amide bonds. The number of rotatable bonds is 10. The fraction of sp³-hybridized carbons (Fsp3) is 0.432. The van der Waals surface area contributed by atoms with Gasteiger partial charge in [0.2, 0.25) is 11.8 Å². The Morgan fingerprint density at radius 3 is 2.44 bits per heavy atom. The highest BCUT2D eigenvalue weighted by molar-refractivity contribution is 6.71. The maximum absolute atomic E-state index is 14.9. The molecule has 3 aliphatic heterocycles. The summed E-state index contributed by atoms with van der Waals surface area (Å²) in [6.45, 7) is 7.38. The summed E-state index contributed by atoms with van der Waals surface area (Å²) in [6.07, 6.45) is 0.926. The highest BCUT2D eigenvalue weighted by Gasteiger charge is 2.66. The standard InChI is InChI=1S/C37H46N4O6Si/c1-25-34(48(2,3)46)32(22-33(43)40(19-20-42)24-26-11-6-4-7-12-26)47-37(25)30-21-28(39-35(44)27-13-10-18-38-23-27)16-17-31(30)41(36(37)45)29-14-8-5-9-15-29/h4-9,11-12,14-17,21,25,27,32,34,38,42,46H,10,13,18-20,22-24H2,1-3H3,(H,39,44)/t25-,27?,32+,34-,37+/m1/s1. The van der Waals surface area contributed by atoms with E-state index in [2.05, 4.69) is 10.6 Å². The molecule has 3 aromatic rings. The highest BCUT2D eigenvalue weighted by Crippen LogP contribution is 2.61. The maximum Gasteiger partial charge on any atom is 0.268 e. The van der Waals surface area contributed by atoms with E-state index in [-0.39, 0.29) is 43.2 Å². The SMILES string of the molecule is C[C@@H]1[C@@H]([Si](C)(C)O)[C@H](CC(=O)N(CCO)Cc2ccccc2)O[C@@]12C(=O)N(c1ccccc1)c1ccc(NC(=O)C3CCCNC3)cc12. The van der Waals surface area contributed by atoms with Crippen LogP contribution < -0.4 is 15.5 Å². The third-order valence-electron chi connectivity index (χ3n) is 10.2. The van der Waals surface area contributed by atoms with Crippen LogP contribution in [-0.4, -0.2) is 73.2 Å². The molecule has 0 aliphatic carbocycles. The molecular formula is C37H46N4O6Si. The maximum atomic E-state index is 14.9. The van der Waals surface area contributed by atoms with Crippen molar-refractivity contribution in [1.82, 2.24) is 10.2 Å². The number of carbonyl (C=O) groups is 3. The predicted molar refractivity (Wildman–Crippen MR) is 187 cm³/mol. The predicted octanol–water partition coefficient (Wildman–Crippen LogP) is 4.51. The summed E-state index contributed by atoms with van der Waals surface area (Å²) >= 11 is 0. The third-order valence-corrected chi connectivity index (χ3v) is 12.7. The van der Waals surface area contributed by atoms with Gasteiger partial charge < -0.3 is 30.2 Å². The van der Waals surface area contributed by atoms with Crippen molar-refractivity contribution in [3.05, 3.63) is 90.0 Å². The van der Waals surface area contributed by atoms with Crippen LogP contribution in [0.4, 0.5) is 17.1 Å². The number of nitrogens with zero attached hydrogens (tertiary/aromatic N) is 2. The molecular weight excluding hydrogens is 625 g/mol. The van der Waals surface area contributed by atoms with Gasteiger partial charge in [-0.2, -0.15) is 0 Å². The van der Waals surface area contributed by atoms with Crippen molar-refractivity contribution < 1.29 is 29.0 Å². The molecule has 3 aliphatic rings. The molecule has 0 aromatic heterocycles. The lowest BCUT2D eigenvalue weighted by Gasteiger charge is -2.32. The normalized spacial score (nSPS) is 25.3. The molecule has 2 saturated heterocycles. The second-order valence-electron chi connectivity index (χ2n) is 13.8. The van der Waals surface area contributed by atoms with E-state index in [1.54, 1.807) is 9.80 Å². The Kier molecular flexibility index (Phi) is 9.87. The quantitative estimate of drug-likeness (QED) is 0.234. The van der Waals surface area contributed by atoms with Gasteiger partial charge in [-0.1, -0.05) is 55.5 Å². The molecule has 1 spiro atoms. The van der Waals surface area contributed by atoms with Crippen LogP contribution >= 0.6 is 0 Å². The van der Waals surface area contributed by atoms with Crippen LogP contribution in [0.2, 0.25) is 18.6 Å². The van der Waals surface area contributed by atoms with E-state index in [4.69, 9.17) is 4.74 Å². The first-order chi connectivity index (χ1) is 23.0. The Balaban J connectivity index is 1.38. The number of para-hydroxylation sites is 1. The van der Waals surface area contributed by atoms with Crippen molar-refractivity contribution in [2.75, 3.05) is 36.5 Å². The zero-order valence-corrected chi connectivity index (χ0v) is 28.9. The fourth-order valence-electron chi connectivity index (χ4n) is 7.95. The van der Waals surface area contributed by atoms with Crippen molar-refractivity contribution in [3.63, 3.8) is 0 Å². The van der Waals surface area contributed by atoms with E-state index < -0.39 is 31.5 Å². The zero-order valence-electron chi connectivity index (χ0n) is 27.9. The summed E-state index contributed by atoms with van der Waals surface area (Å²) in [7, 11) is -3.05. The summed E-state index contributed by atoms with van der Waals surface area (Å²) in [6, 6.07) is 24.4. The van der Waals surface area contributed by atoms with Crippen LogP contribution in [0.15, 0.2) is 78.9 Å². The van der Waals surface area contributed by atoms with Crippen LogP contribution in [0.25, 0.3) is 0 Å². The summed E-state index contributed by atoms with van der Waals surface area (Å²) in [5.41, 5.74) is 1.46. The van der Waals surface area contributed by atoms with Crippen LogP contribution in [-0.2, 0) is 31.3 Å². The van der Waals surface area contributed by atoms with Crippen LogP contribution in [0, 0.1) is 11.8 Å². The second kappa shape index (κ2) is 13.9. The number of anilines is 3. The Bertz CT molecular complexity index is 1630. The molecule has 1 unspecified atom stereocenters. The molecule has 10 nitrogen and oxygen atoms in total. The Labute approximate surface area is 283 Å². The number of nitrogens with one attached hydrogen (secondary N) is 2. The molecule has 6 rings (SSSR count). The van der Waals surface area contributed by atoms with Gasteiger partial charge in [-0.15, -0.1) is 0 Å². The minimum absolute atomic E-state index is 0.0559. The molecule has 0 saturated carbocycles. The topological polar surface area (TPSA) is 131 Å². The molecule has 11 heteroatoms. The lowest BCUT2D eigenvalue weighted by Crippen LogP contribution is -2.45. The number of amides is 3. The van der Waals surface area contributed by atoms with E-state index in [0.717, 1.165) is 24.9 Å². The van der Waals surface area contributed by atoms with Crippen LogP contribution in [0.1, 0.15) is 37.3 Å². The van der Waals surface area contributed by atoms with E-state index in [9.17, 15) is 24.3 Å². The van der Waals surface area contributed by atoms with Gasteiger partial charge in [-0.25, -0.2) is 0 Å². The van der Waals surface area contributed by atoms with E-state index in [1.807, 2.05) is 98.9 Å². The van der Waals surface area contributed by atoms with Crippen LogP contribution in [0.3, 0.4) is 0 Å². The van der Waals surface area contributed by atoms with Gasteiger partial charge in [0, 0.05) is 48.0 Å². The minimum Gasteiger partial charge on any atom is -0.432 e. The molecule has 254 valence electrons. The minimum atomic E-state index is -3.05. The monoisotopic (exact) mass is 670 g/mol. The Hall–Kier alpha value is -3.87. The van der Waals surface area contributed by atoms with Gasteiger partial charge in [0.25, 0.3) is 5.91 Å². The number of carbonyl (C=O) groups excluding carboxylic acids is 3. The van der Waals surface area contributed by atoms with Gasteiger partial charge in [0.05, 0.1) is 30.7 Å². The smallest absolute Gasteiger partial charge is 0.268 e. The average molecular weight is 671 g/mol. The van der Waals surface area contributed by atoms with Crippen molar-refractivity contribution in [3.8, 4) is 0 Å². The molecule has 5 atom stereocenters. The summed E-state index contributed by atoms with van der Waals surface area (Å²) in [4.78, 5) is 57.1. The van der Waals surface area contributed by atoms with Crippen molar-refractivity contribution >= 4 is 43.1 Å². The first kappa shape index (κ1) is 34.0. The molecule has 0 radical (unpaired) electrons. The lowest BCUT2D eigenvalue weighted by atomic mass is 9.82.